The Morgan fingerprint density at radius 1 is 1.29 bits per heavy atom. The molecule has 1 saturated carbocycles. The molecule has 6 heteroatoms. The molecule has 0 unspecified atom stereocenters. The van der Waals surface area contributed by atoms with Crippen molar-refractivity contribution in [1.29, 1.82) is 0 Å². The third kappa shape index (κ3) is 3.77. The number of fused-ring (bicyclic) bond motifs is 1. The Balaban J connectivity index is 1.49. The summed E-state index contributed by atoms with van der Waals surface area (Å²) in [5, 5.41) is 11.4. The molecule has 4 rings (SSSR count). The highest BCUT2D eigenvalue weighted by Crippen LogP contribution is 2.31. The fourth-order valence-corrected chi connectivity index (χ4v) is 4.30. The number of nitrogens with zero attached hydrogens (tertiary/aromatic N) is 2. The number of aryl methyl sites for hydroxylation is 1. The number of rotatable bonds is 7. The number of ether oxygens (including phenoxy) is 1. The van der Waals surface area contributed by atoms with Crippen molar-refractivity contribution < 1.29 is 9.53 Å². The molecule has 28 heavy (non-hydrogen) atoms. The van der Waals surface area contributed by atoms with Gasteiger partial charge in [-0.3, -0.25) is 9.89 Å². The van der Waals surface area contributed by atoms with Crippen LogP contribution < -0.4 is 10.1 Å². The lowest BCUT2D eigenvalue weighted by atomic mass is 10.0. The largest absolute Gasteiger partial charge is 0.497 e. The van der Waals surface area contributed by atoms with E-state index in [1.165, 1.54) is 25.7 Å². The van der Waals surface area contributed by atoms with Crippen LogP contribution in [0.4, 0.5) is 5.82 Å². The number of aromatic nitrogens is 3. The number of carbonyl (C=O) groups is 1. The van der Waals surface area contributed by atoms with E-state index in [0.717, 1.165) is 46.9 Å². The van der Waals surface area contributed by atoms with Gasteiger partial charge in [0.15, 0.2) is 5.82 Å². The van der Waals surface area contributed by atoms with E-state index in [9.17, 15) is 4.79 Å². The maximum Gasteiger partial charge on any atom is 0.225 e. The molecule has 2 heterocycles. The van der Waals surface area contributed by atoms with Crippen LogP contribution in [0.15, 0.2) is 30.3 Å². The van der Waals surface area contributed by atoms with E-state index in [1.54, 1.807) is 7.11 Å². The fourth-order valence-electron chi connectivity index (χ4n) is 4.30. The molecule has 0 bridgehead atoms. The highest BCUT2D eigenvalue weighted by molar-refractivity contribution is 5.91. The molecule has 3 aromatic rings. The second-order valence-corrected chi connectivity index (χ2v) is 7.60. The predicted octanol–water partition coefficient (Wildman–Crippen LogP) is 4.97. The first-order valence-corrected chi connectivity index (χ1v) is 10.2. The zero-order valence-electron chi connectivity index (χ0n) is 16.6. The highest BCUT2D eigenvalue weighted by Gasteiger charge is 2.17. The van der Waals surface area contributed by atoms with Gasteiger partial charge < -0.3 is 14.6 Å². The van der Waals surface area contributed by atoms with Crippen molar-refractivity contribution in [2.45, 2.75) is 52.0 Å². The van der Waals surface area contributed by atoms with E-state index in [4.69, 9.17) is 4.74 Å². The molecule has 0 spiro atoms. The van der Waals surface area contributed by atoms with Gasteiger partial charge in [0.1, 0.15) is 5.75 Å². The molecule has 0 aliphatic heterocycles. The molecule has 1 aliphatic rings. The smallest absolute Gasteiger partial charge is 0.225 e. The number of hydrogen-bond donors (Lipinski definition) is 2. The average molecular weight is 380 g/mol. The quantitative estimate of drug-likeness (QED) is 0.608. The predicted molar refractivity (Wildman–Crippen MR) is 112 cm³/mol. The number of carbonyl (C=O) groups excluding carboxylic acids is 1. The molecule has 2 N–H and O–H groups in total. The summed E-state index contributed by atoms with van der Waals surface area (Å²) in [6, 6.07) is 10.1. The van der Waals surface area contributed by atoms with E-state index >= 15 is 0 Å². The first kappa shape index (κ1) is 18.6. The van der Waals surface area contributed by atoms with E-state index < -0.39 is 0 Å². The molecular weight excluding hydrogens is 352 g/mol. The zero-order valence-corrected chi connectivity index (χ0v) is 16.6. The van der Waals surface area contributed by atoms with Gasteiger partial charge >= 0.3 is 0 Å². The topological polar surface area (TPSA) is 71.9 Å². The minimum absolute atomic E-state index is 0.0470. The van der Waals surface area contributed by atoms with Crippen molar-refractivity contribution in [3.05, 3.63) is 30.3 Å². The second-order valence-electron chi connectivity index (χ2n) is 7.60. The number of H-pyrrole nitrogens is 1. The Kier molecular flexibility index (Phi) is 5.37. The van der Waals surface area contributed by atoms with Gasteiger partial charge in [-0.05, 0) is 43.5 Å². The van der Waals surface area contributed by atoms with Crippen LogP contribution in [-0.2, 0) is 11.3 Å². The van der Waals surface area contributed by atoms with Crippen LogP contribution in [0.3, 0.4) is 0 Å². The molecule has 0 atom stereocenters. The Morgan fingerprint density at radius 3 is 2.86 bits per heavy atom. The van der Waals surface area contributed by atoms with Crippen molar-refractivity contribution in [3.8, 4) is 17.1 Å². The molecule has 1 fully saturated rings. The van der Waals surface area contributed by atoms with Crippen molar-refractivity contribution in [1.82, 2.24) is 14.8 Å². The van der Waals surface area contributed by atoms with E-state index in [2.05, 4.69) is 39.1 Å². The lowest BCUT2D eigenvalue weighted by molar-refractivity contribution is -0.116. The SMILES string of the molecule is CCn1c(-c2cc(NC(=O)CCC3CCCC3)n[nH]2)cc2cc(OC)ccc21. The normalized spacial score (nSPS) is 14.6. The summed E-state index contributed by atoms with van der Waals surface area (Å²) in [6.07, 6.45) is 6.72. The first-order chi connectivity index (χ1) is 13.7. The monoisotopic (exact) mass is 380 g/mol. The van der Waals surface area contributed by atoms with Gasteiger partial charge in [-0.2, -0.15) is 5.10 Å². The summed E-state index contributed by atoms with van der Waals surface area (Å²) in [4.78, 5) is 12.3. The van der Waals surface area contributed by atoms with Crippen molar-refractivity contribution in [2.24, 2.45) is 5.92 Å². The minimum atomic E-state index is 0.0470. The van der Waals surface area contributed by atoms with Crippen LogP contribution in [0.1, 0.15) is 45.4 Å². The average Bonchev–Trinajstić information content (AvgIpc) is 3.44. The third-order valence-electron chi connectivity index (χ3n) is 5.80. The van der Waals surface area contributed by atoms with E-state index in [1.807, 2.05) is 18.2 Å². The molecular formula is C22H28N4O2. The van der Waals surface area contributed by atoms with E-state index in [0.29, 0.717) is 12.2 Å². The fraction of sp³-hybridized carbons (Fsp3) is 0.455. The number of aromatic amines is 1. The number of nitrogens with one attached hydrogen (secondary N) is 2. The molecule has 2 aromatic heterocycles. The summed E-state index contributed by atoms with van der Waals surface area (Å²) in [5.74, 6) is 2.19. The van der Waals surface area contributed by atoms with Crippen molar-refractivity contribution >= 4 is 22.6 Å². The standard InChI is InChI=1S/C22H28N4O2/c1-3-26-19-10-9-17(28-2)12-16(19)13-20(26)18-14-21(25-24-18)23-22(27)11-8-15-6-4-5-7-15/h9-10,12-15H,3-8,11H2,1-2H3,(H2,23,24,25,27). The van der Waals surface area contributed by atoms with Gasteiger partial charge in [-0.15, -0.1) is 0 Å². The second kappa shape index (κ2) is 8.09. The molecule has 1 aliphatic carbocycles. The number of methoxy groups -OCH3 is 1. The van der Waals surface area contributed by atoms with Gasteiger partial charge in [0.2, 0.25) is 5.91 Å². The maximum atomic E-state index is 12.3. The molecule has 6 nitrogen and oxygen atoms in total. The molecule has 0 saturated heterocycles. The summed E-state index contributed by atoms with van der Waals surface area (Å²) in [7, 11) is 1.68. The summed E-state index contributed by atoms with van der Waals surface area (Å²) in [6.45, 7) is 2.96. The highest BCUT2D eigenvalue weighted by atomic mass is 16.5. The van der Waals surface area contributed by atoms with Crippen LogP contribution >= 0.6 is 0 Å². The summed E-state index contributed by atoms with van der Waals surface area (Å²) < 4.78 is 7.57. The number of hydrogen-bond acceptors (Lipinski definition) is 3. The Hall–Kier alpha value is -2.76. The van der Waals surface area contributed by atoms with Gasteiger partial charge in [0.25, 0.3) is 0 Å². The molecule has 1 aromatic carbocycles. The first-order valence-electron chi connectivity index (χ1n) is 10.2. The van der Waals surface area contributed by atoms with Gasteiger partial charge in [0.05, 0.1) is 18.5 Å². The maximum absolute atomic E-state index is 12.3. The number of amides is 1. The summed E-state index contributed by atoms with van der Waals surface area (Å²) >= 11 is 0. The zero-order chi connectivity index (χ0) is 19.5. The van der Waals surface area contributed by atoms with Gasteiger partial charge in [-0.1, -0.05) is 25.7 Å². The molecule has 148 valence electrons. The van der Waals surface area contributed by atoms with Crippen LogP contribution in [0, 0.1) is 5.92 Å². The number of anilines is 1. The van der Waals surface area contributed by atoms with E-state index in [-0.39, 0.29) is 5.91 Å². The molecule has 0 radical (unpaired) electrons. The Bertz CT molecular complexity index is 966. The van der Waals surface area contributed by atoms with Gasteiger partial charge in [-0.25, -0.2) is 0 Å². The number of benzene rings is 1. The van der Waals surface area contributed by atoms with Gasteiger partial charge in [0, 0.05) is 29.9 Å². The van der Waals surface area contributed by atoms with Crippen LogP contribution in [0.25, 0.3) is 22.3 Å². The van der Waals surface area contributed by atoms with Crippen LogP contribution in [0.5, 0.6) is 5.75 Å². The lowest BCUT2D eigenvalue weighted by Crippen LogP contribution is -2.12. The van der Waals surface area contributed by atoms with Crippen molar-refractivity contribution in [2.75, 3.05) is 12.4 Å². The minimum Gasteiger partial charge on any atom is -0.497 e. The van der Waals surface area contributed by atoms with Crippen LogP contribution in [-0.4, -0.2) is 27.8 Å². The van der Waals surface area contributed by atoms with Crippen molar-refractivity contribution in [3.63, 3.8) is 0 Å². The third-order valence-corrected chi connectivity index (χ3v) is 5.80. The molecule has 1 amide bonds. The van der Waals surface area contributed by atoms with Crippen LogP contribution in [0.2, 0.25) is 0 Å². The lowest BCUT2D eigenvalue weighted by Gasteiger charge is -2.07. The Morgan fingerprint density at radius 2 is 2.11 bits per heavy atom. The summed E-state index contributed by atoms with van der Waals surface area (Å²) in [5.41, 5.74) is 3.09. The Labute approximate surface area is 165 Å².